The summed E-state index contributed by atoms with van der Waals surface area (Å²) in [4.78, 5) is 41.7. The van der Waals surface area contributed by atoms with Crippen LogP contribution in [0.3, 0.4) is 0 Å². The first-order valence-corrected chi connectivity index (χ1v) is 10.6. The number of fused-ring (bicyclic) bond motifs is 2. The molecule has 3 amide bonds. The van der Waals surface area contributed by atoms with E-state index < -0.39 is 0 Å². The highest BCUT2D eigenvalue weighted by molar-refractivity contribution is 5.93. The summed E-state index contributed by atoms with van der Waals surface area (Å²) < 4.78 is 0. The van der Waals surface area contributed by atoms with E-state index in [9.17, 15) is 9.59 Å². The summed E-state index contributed by atoms with van der Waals surface area (Å²) in [5.41, 5.74) is 1.87. The third-order valence-electron chi connectivity index (χ3n) is 5.79. The molecule has 0 spiro atoms. The molecule has 1 unspecified atom stereocenters. The molecule has 2 atom stereocenters. The first-order valence-electron chi connectivity index (χ1n) is 10.6. The van der Waals surface area contributed by atoms with Crippen molar-refractivity contribution in [2.45, 2.75) is 38.8 Å². The molecule has 0 aliphatic carbocycles. The lowest BCUT2D eigenvalue weighted by Crippen LogP contribution is -2.58. The van der Waals surface area contributed by atoms with Gasteiger partial charge in [0.15, 0.2) is 0 Å². The summed E-state index contributed by atoms with van der Waals surface area (Å²) in [6.07, 6.45) is 5.34. The lowest BCUT2D eigenvalue weighted by atomic mass is 10.2. The van der Waals surface area contributed by atoms with Crippen LogP contribution < -0.4 is 20.9 Å². The van der Waals surface area contributed by atoms with Crippen LogP contribution in [0.1, 0.15) is 35.8 Å². The quantitative estimate of drug-likeness (QED) is 0.669. The summed E-state index contributed by atoms with van der Waals surface area (Å²) >= 11 is 0. The maximum atomic E-state index is 12.4. The number of piperazine rings is 1. The Hall–Kier alpha value is -3.43. The Morgan fingerprint density at radius 1 is 1.19 bits per heavy atom. The van der Waals surface area contributed by atoms with E-state index in [4.69, 9.17) is 0 Å². The average molecular weight is 425 g/mol. The standard InChI is InChI=1S/C21H28N8O2/c1-4-23-21(31)29-15-5-6-16(29)12-28(11-15)17-7-8-24-20(27-17)26-14-9-13(2)18(25-10-14)19(30)22-3/h7-10,15-16H,4-6,11-12H2,1-3H3,(H,22,30)(H,23,31)(H,24,26,27)/t15-,16?/m0/s1. The van der Waals surface area contributed by atoms with Crippen molar-refractivity contribution in [1.29, 1.82) is 0 Å². The molecule has 0 radical (unpaired) electrons. The first kappa shape index (κ1) is 20.8. The van der Waals surface area contributed by atoms with Crippen molar-refractivity contribution in [3.63, 3.8) is 0 Å². The van der Waals surface area contributed by atoms with Crippen molar-refractivity contribution >= 4 is 29.4 Å². The number of aryl methyl sites for hydroxylation is 1. The molecule has 3 N–H and O–H groups in total. The van der Waals surface area contributed by atoms with Gasteiger partial charge in [-0.2, -0.15) is 4.98 Å². The van der Waals surface area contributed by atoms with E-state index in [1.165, 1.54) is 0 Å². The van der Waals surface area contributed by atoms with Gasteiger partial charge in [0.1, 0.15) is 11.5 Å². The number of rotatable bonds is 5. The number of urea groups is 1. The highest BCUT2D eigenvalue weighted by Gasteiger charge is 2.42. The molecule has 164 valence electrons. The van der Waals surface area contributed by atoms with E-state index in [1.807, 2.05) is 30.9 Å². The Labute approximate surface area is 181 Å². The van der Waals surface area contributed by atoms with Crippen molar-refractivity contribution in [2.75, 3.05) is 36.9 Å². The van der Waals surface area contributed by atoms with Gasteiger partial charge in [-0.3, -0.25) is 4.79 Å². The van der Waals surface area contributed by atoms with Crippen molar-refractivity contribution in [3.8, 4) is 0 Å². The molecule has 2 aromatic heterocycles. The number of carbonyl (C=O) groups excluding carboxylic acids is 2. The molecule has 2 saturated heterocycles. The van der Waals surface area contributed by atoms with Crippen LogP contribution in [0.5, 0.6) is 0 Å². The zero-order chi connectivity index (χ0) is 22.0. The number of carbonyl (C=O) groups is 2. The Bertz CT molecular complexity index is 968. The molecule has 2 aliphatic rings. The SMILES string of the molecule is CCNC(=O)N1C2CC[C@H]1CN(c1ccnc(Nc3cnc(C(=O)NC)c(C)c3)n1)C2. The smallest absolute Gasteiger partial charge is 0.318 e. The summed E-state index contributed by atoms with van der Waals surface area (Å²) in [6, 6.07) is 4.16. The maximum absolute atomic E-state index is 12.4. The van der Waals surface area contributed by atoms with E-state index >= 15 is 0 Å². The minimum absolute atomic E-state index is 0.0303. The highest BCUT2D eigenvalue weighted by Crippen LogP contribution is 2.32. The molecule has 4 rings (SSSR count). The third kappa shape index (κ3) is 4.23. The van der Waals surface area contributed by atoms with Crippen LogP contribution in [-0.4, -0.2) is 70.6 Å². The van der Waals surface area contributed by atoms with Gasteiger partial charge in [-0.1, -0.05) is 0 Å². The van der Waals surface area contributed by atoms with Gasteiger partial charge in [-0.25, -0.2) is 14.8 Å². The second-order valence-corrected chi connectivity index (χ2v) is 7.86. The summed E-state index contributed by atoms with van der Waals surface area (Å²) in [5.74, 6) is 1.07. The molecule has 2 aliphatic heterocycles. The number of pyridine rings is 1. The van der Waals surface area contributed by atoms with Gasteiger partial charge in [0.25, 0.3) is 5.91 Å². The molecule has 4 heterocycles. The molecule has 2 aromatic rings. The van der Waals surface area contributed by atoms with Crippen molar-refractivity contribution < 1.29 is 9.59 Å². The third-order valence-corrected chi connectivity index (χ3v) is 5.79. The van der Waals surface area contributed by atoms with Crippen LogP contribution in [0.4, 0.5) is 22.2 Å². The minimum Gasteiger partial charge on any atom is -0.354 e. The largest absolute Gasteiger partial charge is 0.354 e. The first-order chi connectivity index (χ1) is 15.0. The highest BCUT2D eigenvalue weighted by atomic mass is 16.2. The lowest BCUT2D eigenvalue weighted by Gasteiger charge is -2.41. The molecule has 10 nitrogen and oxygen atoms in total. The van der Waals surface area contributed by atoms with Gasteiger partial charge in [-0.15, -0.1) is 0 Å². The normalized spacial score (nSPS) is 19.8. The number of anilines is 3. The van der Waals surface area contributed by atoms with Crippen LogP contribution in [0.15, 0.2) is 24.5 Å². The second kappa shape index (κ2) is 8.75. The molecule has 0 saturated carbocycles. The molecular weight excluding hydrogens is 396 g/mol. The van der Waals surface area contributed by atoms with E-state index in [1.54, 1.807) is 19.4 Å². The molecule has 10 heteroatoms. The molecule has 0 aromatic carbocycles. The fourth-order valence-electron chi connectivity index (χ4n) is 4.38. The maximum Gasteiger partial charge on any atom is 0.318 e. The number of amides is 3. The topological polar surface area (TPSA) is 115 Å². The summed E-state index contributed by atoms with van der Waals surface area (Å²) in [7, 11) is 1.58. The van der Waals surface area contributed by atoms with Crippen LogP contribution in [0.2, 0.25) is 0 Å². The van der Waals surface area contributed by atoms with Gasteiger partial charge in [0.2, 0.25) is 5.95 Å². The number of aromatic nitrogens is 3. The zero-order valence-corrected chi connectivity index (χ0v) is 18.1. The fourth-order valence-corrected chi connectivity index (χ4v) is 4.38. The fraction of sp³-hybridized carbons (Fsp3) is 0.476. The van der Waals surface area contributed by atoms with Gasteiger partial charge in [0.05, 0.1) is 24.0 Å². The number of nitrogens with zero attached hydrogens (tertiary/aromatic N) is 5. The number of hydrogen-bond acceptors (Lipinski definition) is 7. The van der Waals surface area contributed by atoms with Crippen molar-refractivity contribution in [2.24, 2.45) is 0 Å². The van der Waals surface area contributed by atoms with Gasteiger partial charge >= 0.3 is 6.03 Å². The molecule has 2 bridgehead atoms. The second-order valence-electron chi connectivity index (χ2n) is 7.86. The van der Waals surface area contributed by atoms with E-state index in [0.29, 0.717) is 23.9 Å². The van der Waals surface area contributed by atoms with Crippen LogP contribution >= 0.6 is 0 Å². The molecule has 2 fully saturated rings. The number of nitrogens with one attached hydrogen (secondary N) is 3. The Morgan fingerprint density at radius 3 is 2.58 bits per heavy atom. The summed E-state index contributed by atoms with van der Waals surface area (Å²) in [6.45, 7) is 5.92. The van der Waals surface area contributed by atoms with Gasteiger partial charge in [0, 0.05) is 32.9 Å². The van der Waals surface area contributed by atoms with E-state index in [-0.39, 0.29) is 24.0 Å². The van der Waals surface area contributed by atoms with Crippen LogP contribution in [0.25, 0.3) is 0 Å². The predicted molar refractivity (Wildman–Crippen MR) is 118 cm³/mol. The monoisotopic (exact) mass is 424 g/mol. The Morgan fingerprint density at radius 2 is 1.94 bits per heavy atom. The van der Waals surface area contributed by atoms with Crippen molar-refractivity contribution in [3.05, 3.63) is 35.8 Å². The van der Waals surface area contributed by atoms with Crippen molar-refractivity contribution in [1.82, 2.24) is 30.5 Å². The van der Waals surface area contributed by atoms with Crippen LogP contribution in [0, 0.1) is 6.92 Å². The number of hydrogen-bond donors (Lipinski definition) is 3. The van der Waals surface area contributed by atoms with Gasteiger partial charge < -0.3 is 25.8 Å². The Kier molecular flexibility index (Phi) is 5.88. The van der Waals surface area contributed by atoms with E-state index in [0.717, 1.165) is 37.3 Å². The average Bonchev–Trinajstić information content (AvgIpc) is 3.03. The predicted octanol–water partition coefficient (Wildman–Crippen LogP) is 1.67. The minimum atomic E-state index is -0.219. The van der Waals surface area contributed by atoms with Gasteiger partial charge in [-0.05, 0) is 44.4 Å². The zero-order valence-electron chi connectivity index (χ0n) is 18.1. The molecule has 31 heavy (non-hydrogen) atoms. The van der Waals surface area contributed by atoms with Crippen LogP contribution in [-0.2, 0) is 0 Å². The van der Waals surface area contributed by atoms with E-state index in [2.05, 4.69) is 35.8 Å². The summed E-state index contributed by atoms with van der Waals surface area (Å²) in [5, 5.41) is 8.68. The Balaban J connectivity index is 1.47. The molecular formula is C21H28N8O2. The lowest BCUT2D eigenvalue weighted by molar-refractivity contribution is 0.0957.